The van der Waals surface area contributed by atoms with Gasteiger partial charge in [-0.15, -0.1) is 0 Å². The van der Waals surface area contributed by atoms with Gasteiger partial charge < -0.3 is 5.32 Å². The van der Waals surface area contributed by atoms with Crippen LogP contribution in [-0.4, -0.2) is 6.54 Å². The first-order chi connectivity index (χ1) is 9.60. The first-order valence-corrected chi connectivity index (χ1v) is 8.54. The monoisotopic (exact) mass is 355 g/mol. The lowest BCUT2D eigenvalue weighted by atomic mass is 9.98. The second kappa shape index (κ2) is 7.34. The topological polar surface area (TPSA) is 12.0 Å². The van der Waals surface area contributed by atoms with Gasteiger partial charge in [0.2, 0.25) is 0 Å². The summed E-state index contributed by atoms with van der Waals surface area (Å²) in [5.41, 5.74) is 3.64. The van der Waals surface area contributed by atoms with Gasteiger partial charge in [0.15, 0.2) is 0 Å². The zero-order valence-corrected chi connectivity index (χ0v) is 14.2. The van der Waals surface area contributed by atoms with Crippen LogP contribution in [-0.2, 0) is 6.42 Å². The van der Waals surface area contributed by atoms with Gasteiger partial charge >= 0.3 is 0 Å². The number of rotatable bonds is 6. The van der Waals surface area contributed by atoms with E-state index >= 15 is 0 Å². The van der Waals surface area contributed by atoms with Gasteiger partial charge in [-0.05, 0) is 72.0 Å². The fraction of sp³-hybridized carbons (Fsp3) is 0.375. The van der Waals surface area contributed by atoms with Crippen molar-refractivity contribution in [3.8, 4) is 0 Å². The Morgan fingerprint density at radius 1 is 1.30 bits per heavy atom. The molecule has 1 atom stereocenters. The first-order valence-electron chi connectivity index (χ1n) is 6.81. The minimum absolute atomic E-state index is 0.189. The first kappa shape index (κ1) is 15.7. The van der Waals surface area contributed by atoms with E-state index in [-0.39, 0.29) is 11.9 Å². The normalized spacial score (nSPS) is 12.6. The Morgan fingerprint density at radius 3 is 2.70 bits per heavy atom. The number of hydrogen-bond acceptors (Lipinski definition) is 2. The molecule has 1 aromatic heterocycles. The highest BCUT2D eigenvalue weighted by Gasteiger charge is 2.15. The van der Waals surface area contributed by atoms with Gasteiger partial charge in [0.1, 0.15) is 5.82 Å². The molecule has 1 unspecified atom stereocenters. The SMILES string of the molecule is CCCNC(Cc1cc(F)cc(Br)c1)c1cscc1C. The Kier molecular flexibility index (Phi) is 5.75. The summed E-state index contributed by atoms with van der Waals surface area (Å²) in [6, 6.07) is 5.35. The highest BCUT2D eigenvalue weighted by atomic mass is 79.9. The van der Waals surface area contributed by atoms with Crippen LogP contribution in [0.4, 0.5) is 4.39 Å². The third-order valence-electron chi connectivity index (χ3n) is 3.27. The molecule has 20 heavy (non-hydrogen) atoms. The van der Waals surface area contributed by atoms with Gasteiger partial charge in [-0.1, -0.05) is 22.9 Å². The van der Waals surface area contributed by atoms with Crippen molar-refractivity contribution in [2.45, 2.75) is 32.7 Å². The molecule has 2 rings (SSSR count). The highest BCUT2D eigenvalue weighted by Crippen LogP contribution is 2.26. The second-order valence-corrected chi connectivity index (χ2v) is 6.66. The van der Waals surface area contributed by atoms with E-state index < -0.39 is 0 Å². The summed E-state index contributed by atoms with van der Waals surface area (Å²) >= 11 is 5.08. The molecule has 0 aliphatic rings. The van der Waals surface area contributed by atoms with E-state index in [0.717, 1.165) is 29.4 Å². The van der Waals surface area contributed by atoms with Crippen molar-refractivity contribution in [2.24, 2.45) is 0 Å². The van der Waals surface area contributed by atoms with Gasteiger partial charge in [-0.2, -0.15) is 11.3 Å². The van der Waals surface area contributed by atoms with Crippen molar-refractivity contribution in [3.63, 3.8) is 0 Å². The molecule has 1 N–H and O–H groups in total. The fourth-order valence-electron chi connectivity index (χ4n) is 2.30. The molecule has 1 aromatic carbocycles. The maximum absolute atomic E-state index is 13.5. The molecule has 0 saturated heterocycles. The Labute approximate surface area is 132 Å². The zero-order valence-electron chi connectivity index (χ0n) is 11.7. The molecule has 0 saturated carbocycles. The Morgan fingerprint density at radius 2 is 2.10 bits per heavy atom. The number of thiophene rings is 1. The Balaban J connectivity index is 2.21. The van der Waals surface area contributed by atoms with E-state index in [1.165, 1.54) is 17.2 Å². The van der Waals surface area contributed by atoms with Gasteiger partial charge in [0.05, 0.1) is 0 Å². The molecule has 2 aromatic rings. The lowest BCUT2D eigenvalue weighted by molar-refractivity contribution is 0.526. The van der Waals surface area contributed by atoms with Crippen LogP contribution in [0, 0.1) is 12.7 Å². The van der Waals surface area contributed by atoms with E-state index in [0.29, 0.717) is 0 Å². The predicted molar refractivity (Wildman–Crippen MR) is 87.9 cm³/mol. The lowest BCUT2D eigenvalue weighted by Gasteiger charge is -2.19. The molecule has 1 nitrogen and oxygen atoms in total. The average Bonchev–Trinajstić information content (AvgIpc) is 2.79. The Bertz CT molecular complexity index is 547. The molecule has 0 aliphatic carbocycles. The van der Waals surface area contributed by atoms with Crippen LogP contribution in [0.1, 0.15) is 36.1 Å². The van der Waals surface area contributed by atoms with Crippen molar-refractivity contribution < 1.29 is 4.39 Å². The summed E-state index contributed by atoms with van der Waals surface area (Å²) in [5, 5.41) is 7.92. The zero-order chi connectivity index (χ0) is 14.5. The molecule has 0 amide bonds. The van der Waals surface area contributed by atoms with E-state index in [9.17, 15) is 4.39 Å². The van der Waals surface area contributed by atoms with Crippen LogP contribution in [0.3, 0.4) is 0 Å². The molecule has 0 radical (unpaired) electrons. The van der Waals surface area contributed by atoms with Crippen molar-refractivity contribution in [1.82, 2.24) is 5.32 Å². The highest BCUT2D eigenvalue weighted by molar-refractivity contribution is 9.10. The molecular weight excluding hydrogens is 337 g/mol. The van der Waals surface area contributed by atoms with E-state index in [1.54, 1.807) is 17.4 Å². The summed E-state index contributed by atoms with van der Waals surface area (Å²) in [5.74, 6) is -0.189. The van der Waals surface area contributed by atoms with Crippen LogP contribution in [0.25, 0.3) is 0 Å². The van der Waals surface area contributed by atoms with Crippen molar-refractivity contribution in [3.05, 3.63) is 55.9 Å². The fourth-order valence-corrected chi connectivity index (χ4v) is 3.72. The lowest BCUT2D eigenvalue weighted by Crippen LogP contribution is -2.24. The minimum Gasteiger partial charge on any atom is -0.310 e. The Hall–Kier alpha value is -0.710. The van der Waals surface area contributed by atoms with Crippen LogP contribution >= 0.6 is 27.3 Å². The number of nitrogens with one attached hydrogen (secondary N) is 1. The van der Waals surface area contributed by atoms with Crippen LogP contribution in [0.5, 0.6) is 0 Å². The maximum Gasteiger partial charge on any atom is 0.124 e. The molecular formula is C16H19BrFNS. The quantitative estimate of drug-likeness (QED) is 0.746. The third kappa shape index (κ3) is 4.14. The average molecular weight is 356 g/mol. The molecule has 1 heterocycles. The van der Waals surface area contributed by atoms with Gasteiger partial charge in [0, 0.05) is 10.5 Å². The molecule has 0 aliphatic heterocycles. The second-order valence-electron chi connectivity index (χ2n) is 5.00. The molecule has 0 fully saturated rings. The van der Waals surface area contributed by atoms with Gasteiger partial charge in [-0.3, -0.25) is 0 Å². The van der Waals surface area contributed by atoms with E-state index in [2.05, 4.69) is 45.9 Å². The molecule has 4 heteroatoms. The number of halogens is 2. The van der Waals surface area contributed by atoms with Gasteiger partial charge in [-0.25, -0.2) is 4.39 Å². The van der Waals surface area contributed by atoms with Crippen LogP contribution in [0.15, 0.2) is 33.4 Å². The predicted octanol–water partition coefficient (Wildman–Crippen LogP) is 5.24. The molecule has 0 bridgehead atoms. The van der Waals surface area contributed by atoms with Gasteiger partial charge in [0.25, 0.3) is 0 Å². The number of aryl methyl sites for hydroxylation is 1. The van der Waals surface area contributed by atoms with Crippen molar-refractivity contribution >= 4 is 27.3 Å². The third-order valence-corrected chi connectivity index (χ3v) is 4.61. The largest absolute Gasteiger partial charge is 0.310 e. The van der Waals surface area contributed by atoms with Crippen LogP contribution < -0.4 is 5.32 Å². The van der Waals surface area contributed by atoms with E-state index in [1.807, 2.05) is 6.07 Å². The van der Waals surface area contributed by atoms with Crippen molar-refractivity contribution in [2.75, 3.05) is 6.54 Å². The van der Waals surface area contributed by atoms with Crippen molar-refractivity contribution in [1.29, 1.82) is 0 Å². The van der Waals surface area contributed by atoms with Crippen LogP contribution in [0.2, 0.25) is 0 Å². The maximum atomic E-state index is 13.5. The smallest absolute Gasteiger partial charge is 0.124 e. The number of benzene rings is 1. The summed E-state index contributed by atoms with van der Waals surface area (Å²) in [6.45, 7) is 5.26. The number of hydrogen-bond donors (Lipinski definition) is 1. The van der Waals surface area contributed by atoms with E-state index in [4.69, 9.17) is 0 Å². The standard InChI is InChI=1S/C16H19BrFNS/c1-3-4-19-16(15-10-20-9-11(15)2)7-12-5-13(17)8-14(18)6-12/h5-6,8-10,16,19H,3-4,7H2,1-2H3. The minimum atomic E-state index is -0.189. The summed E-state index contributed by atoms with van der Waals surface area (Å²) in [6.07, 6.45) is 1.89. The molecule has 108 valence electrons. The summed E-state index contributed by atoms with van der Waals surface area (Å²) in [4.78, 5) is 0. The molecule has 0 spiro atoms. The summed E-state index contributed by atoms with van der Waals surface area (Å²) in [7, 11) is 0. The summed E-state index contributed by atoms with van der Waals surface area (Å²) < 4.78 is 14.3.